The van der Waals surface area contributed by atoms with Crippen LogP contribution in [0.15, 0.2) is 24.3 Å². The predicted molar refractivity (Wildman–Crippen MR) is 81.0 cm³/mol. The molecule has 4 nitrogen and oxygen atoms in total. The first-order chi connectivity index (χ1) is 9.69. The number of nitrogens with zero attached hydrogens (tertiary/aromatic N) is 2. The zero-order valence-electron chi connectivity index (χ0n) is 11.7. The summed E-state index contributed by atoms with van der Waals surface area (Å²) in [4.78, 5) is 2.27. The van der Waals surface area contributed by atoms with Gasteiger partial charge in [0.25, 0.3) is 0 Å². The average molecular weight is 292 g/mol. The first-order valence-electron chi connectivity index (χ1n) is 6.83. The molecule has 0 saturated carbocycles. The molecule has 0 amide bonds. The molecule has 0 bridgehead atoms. The third-order valence-corrected chi connectivity index (χ3v) is 4.37. The number of benzene rings is 1. The molecule has 1 aliphatic heterocycles. The lowest BCUT2D eigenvalue weighted by atomic mass is 10.2. The van der Waals surface area contributed by atoms with Gasteiger partial charge in [-0.25, -0.2) is 0 Å². The molecule has 5 heteroatoms. The Morgan fingerprint density at radius 1 is 1.55 bits per heavy atom. The van der Waals surface area contributed by atoms with Gasteiger partial charge in [-0.2, -0.15) is 17.0 Å². The minimum Gasteiger partial charge on any atom is -0.489 e. The molecule has 1 fully saturated rings. The van der Waals surface area contributed by atoms with Gasteiger partial charge in [0, 0.05) is 30.6 Å². The Hall–Kier alpha value is -1.22. The van der Waals surface area contributed by atoms with Crippen molar-refractivity contribution in [1.29, 1.82) is 5.26 Å². The molecule has 0 aromatic heterocycles. The van der Waals surface area contributed by atoms with Gasteiger partial charge in [-0.15, -0.1) is 0 Å². The van der Waals surface area contributed by atoms with Gasteiger partial charge in [-0.3, -0.25) is 4.90 Å². The first kappa shape index (κ1) is 15.2. The van der Waals surface area contributed by atoms with Gasteiger partial charge >= 0.3 is 0 Å². The number of para-hydroxylation sites is 1. The summed E-state index contributed by atoms with van der Waals surface area (Å²) in [7, 11) is 0. The summed E-state index contributed by atoms with van der Waals surface area (Å²) in [5.74, 6) is 1.66. The van der Waals surface area contributed by atoms with Crippen LogP contribution < -0.4 is 4.74 Å². The van der Waals surface area contributed by atoms with E-state index in [1.807, 2.05) is 17.8 Å². The van der Waals surface area contributed by atoms with Gasteiger partial charge in [0.15, 0.2) is 0 Å². The lowest BCUT2D eigenvalue weighted by Crippen LogP contribution is -2.42. The number of rotatable bonds is 5. The second-order valence-corrected chi connectivity index (χ2v) is 6.56. The van der Waals surface area contributed by atoms with E-state index in [4.69, 9.17) is 10.00 Å². The fourth-order valence-corrected chi connectivity index (χ4v) is 3.36. The standard InChI is InChI=1S/C15H20N2O2S/c1-12-9-17(6-7-20-12)10-14(18)11-19-15-5-3-2-4-13(15)8-16/h2-5,12,14,18H,6-7,9-11H2,1H3. The molecule has 2 unspecified atom stereocenters. The summed E-state index contributed by atoms with van der Waals surface area (Å²) in [5, 5.41) is 19.6. The Balaban J connectivity index is 1.80. The molecule has 20 heavy (non-hydrogen) atoms. The number of aliphatic hydroxyl groups is 1. The highest BCUT2D eigenvalue weighted by Crippen LogP contribution is 2.19. The average Bonchev–Trinajstić information content (AvgIpc) is 2.45. The van der Waals surface area contributed by atoms with Crippen molar-refractivity contribution < 1.29 is 9.84 Å². The molecule has 1 N–H and O–H groups in total. The normalized spacial score (nSPS) is 21.1. The zero-order valence-corrected chi connectivity index (χ0v) is 12.5. The molecule has 1 aromatic carbocycles. The smallest absolute Gasteiger partial charge is 0.137 e. The fourth-order valence-electron chi connectivity index (χ4n) is 2.28. The minimum absolute atomic E-state index is 0.219. The highest BCUT2D eigenvalue weighted by Gasteiger charge is 2.19. The van der Waals surface area contributed by atoms with E-state index < -0.39 is 6.10 Å². The molecule has 0 aliphatic carbocycles. The van der Waals surface area contributed by atoms with E-state index in [1.54, 1.807) is 18.2 Å². The first-order valence-corrected chi connectivity index (χ1v) is 7.88. The van der Waals surface area contributed by atoms with Gasteiger partial charge in [-0.05, 0) is 12.1 Å². The molecule has 0 spiro atoms. The maximum Gasteiger partial charge on any atom is 0.137 e. The van der Waals surface area contributed by atoms with Crippen LogP contribution in [0.5, 0.6) is 5.75 Å². The van der Waals surface area contributed by atoms with Crippen LogP contribution >= 0.6 is 11.8 Å². The van der Waals surface area contributed by atoms with Gasteiger partial charge in [0.1, 0.15) is 24.5 Å². The van der Waals surface area contributed by atoms with E-state index in [2.05, 4.69) is 17.9 Å². The largest absolute Gasteiger partial charge is 0.489 e. The monoisotopic (exact) mass is 292 g/mol. The SMILES string of the molecule is CC1CN(CC(O)COc2ccccc2C#N)CCS1. The van der Waals surface area contributed by atoms with Crippen LogP contribution in [-0.2, 0) is 0 Å². The van der Waals surface area contributed by atoms with Crippen molar-refractivity contribution in [3.05, 3.63) is 29.8 Å². The number of nitriles is 1. The van der Waals surface area contributed by atoms with E-state index in [9.17, 15) is 5.11 Å². The van der Waals surface area contributed by atoms with Crippen molar-refractivity contribution in [3.8, 4) is 11.8 Å². The Bertz CT molecular complexity index is 475. The number of hydrogen-bond donors (Lipinski definition) is 1. The topological polar surface area (TPSA) is 56.5 Å². The predicted octanol–water partition coefficient (Wildman–Crippen LogP) is 1.74. The van der Waals surface area contributed by atoms with Crippen LogP contribution in [0.2, 0.25) is 0 Å². The Morgan fingerprint density at radius 3 is 3.10 bits per heavy atom. The maximum absolute atomic E-state index is 10.1. The Labute approximate surface area is 124 Å². The van der Waals surface area contributed by atoms with E-state index in [-0.39, 0.29) is 6.61 Å². The molecule has 1 saturated heterocycles. The molecule has 1 aliphatic rings. The Morgan fingerprint density at radius 2 is 2.35 bits per heavy atom. The lowest BCUT2D eigenvalue weighted by Gasteiger charge is -2.31. The van der Waals surface area contributed by atoms with E-state index in [1.165, 1.54) is 0 Å². The molecule has 1 aromatic rings. The second kappa shape index (κ2) is 7.53. The zero-order chi connectivity index (χ0) is 14.4. The number of thioether (sulfide) groups is 1. The molecule has 108 valence electrons. The van der Waals surface area contributed by atoms with Crippen LogP contribution in [0.4, 0.5) is 0 Å². The fraction of sp³-hybridized carbons (Fsp3) is 0.533. The van der Waals surface area contributed by atoms with Gasteiger partial charge < -0.3 is 9.84 Å². The molecule has 2 atom stereocenters. The molecular formula is C15H20N2O2S. The minimum atomic E-state index is -0.531. The van der Waals surface area contributed by atoms with Crippen molar-refractivity contribution in [2.45, 2.75) is 18.3 Å². The van der Waals surface area contributed by atoms with Gasteiger partial charge in [0.05, 0.1) is 5.56 Å². The van der Waals surface area contributed by atoms with E-state index >= 15 is 0 Å². The van der Waals surface area contributed by atoms with Crippen LogP contribution in [0.25, 0.3) is 0 Å². The number of ether oxygens (including phenoxy) is 1. The van der Waals surface area contributed by atoms with Crippen LogP contribution in [0.1, 0.15) is 12.5 Å². The highest BCUT2D eigenvalue weighted by molar-refractivity contribution is 7.99. The second-order valence-electron chi connectivity index (χ2n) is 5.01. The van der Waals surface area contributed by atoms with Crippen molar-refractivity contribution >= 4 is 11.8 Å². The summed E-state index contributed by atoms with van der Waals surface area (Å²) in [6, 6.07) is 9.18. The summed E-state index contributed by atoms with van der Waals surface area (Å²) in [5.41, 5.74) is 0.502. The van der Waals surface area contributed by atoms with Gasteiger partial charge in [-0.1, -0.05) is 19.1 Å². The van der Waals surface area contributed by atoms with Crippen LogP contribution in [0.3, 0.4) is 0 Å². The number of hydrogen-bond acceptors (Lipinski definition) is 5. The van der Waals surface area contributed by atoms with Crippen molar-refractivity contribution in [2.24, 2.45) is 0 Å². The summed E-state index contributed by atoms with van der Waals surface area (Å²) >= 11 is 1.97. The quantitative estimate of drug-likeness (QED) is 0.896. The molecular weight excluding hydrogens is 272 g/mol. The van der Waals surface area contributed by atoms with E-state index in [0.29, 0.717) is 23.1 Å². The lowest BCUT2D eigenvalue weighted by molar-refractivity contribution is 0.0696. The molecule has 2 rings (SSSR count). The van der Waals surface area contributed by atoms with E-state index in [0.717, 1.165) is 18.8 Å². The third-order valence-electron chi connectivity index (χ3n) is 3.23. The van der Waals surface area contributed by atoms with Crippen molar-refractivity contribution in [3.63, 3.8) is 0 Å². The van der Waals surface area contributed by atoms with Crippen molar-refractivity contribution in [1.82, 2.24) is 4.90 Å². The maximum atomic E-state index is 10.1. The van der Waals surface area contributed by atoms with Crippen LogP contribution in [0, 0.1) is 11.3 Å². The molecule has 0 radical (unpaired) electrons. The Kier molecular flexibility index (Phi) is 5.72. The summed E-state index contributed by atoms with van der Waals surface area (Å²) in [6.45, 7) is 5.08. The van der Waals surface area contributed by atoms with Crippen molar-refractivity contribution in [2.75, 3.05) is 32.0 Å². The number of β-amino-alcohol motifs (C(OH)–C–C–N with tert-alkyl or cyclic N) is 1. The third kappa shape index (κ3) is 4.41. The van der Waals surface area contributed by atoms with Gasteiger partial charge in [0.2, 0.25) is 0 Å². The summed E-state index contributed by atoms with van der Waals surface area (Å²) in [6.07, 6.45) is -0.531. The summed E-state index contributed by atoms with van der Waals surface area (Å²) < 4.78 is 5.55. The number of aliphatic hydroxyl groups excluding tert-OH is 1. The molecule has 1 heterocycles. The highest BCUT2D eigenvalue weighted by atomic mass is 32.2. The van der Waals surface area contributed by atoms with Crippen LogP contribution in [-0.4, -0.2) is 53.4 Å².